The van der Waals surface area contributed by atoms with E-state index in [1.165, 1.54) is 6.92 Å². The molecule has 8 atom stereocenters. The lowest BCUT2D eigenvalue weighted by molar-refractivity contribution is -0.219. The number of amides is 4. The molecule has 17 heteroatoms. The Kier molecular flexibility index (Phi) is 11.6. The number of fused-ring (bicyclic) bond motifs is 3. The van der Waals surface area contributed by atoms with Gasteiger partial charge in [-0.05, 0) is 95.9 Å². The number of halogens is 2. The first-order chi connectivity index (χ1) is 27.1. The van der Waals surface area contributed by atoms with E-state index < -0.39 is 92.2 Å². The smallest absolute Gasteiger partial charge is 0.408 e. The van der Waals surface area contributed by atoms with Gasteiger partial charge in [-0.2, -0.15) is 13.8 Å². The average molecular weight is 832 g/mol. The SMILES string of the molecule is CCOc1cc2ccccc2c(O[C@]2(C)C[C@H]3C(=O)N[C@]4(C(=O)NS(=O)(=O)C5(C)CC5)C[C@H]4/C=C\CC[C@H](C)C[C@@H](C)[C@H](N(C(=O)O)C(C)CC)C(=O)N3C2(F)F)n1. The van der Waals surface area contributed by atoms with Crippen LogP contribution in [0, 0.1) is 17.8 Å². The van der Waals surface area contributed by atoms with Crippen molar-refractivity contribution in [2.24, 2.45) is 17.8 Å². The van der Waals surface area contributed by atoms with Gasteiger partial charge in [0.2, 0.25) is 27.7 Å². The first kappa shape index (κ1) is 43.0. The number of nitrogens with zero attached hydrogens (tertiary/aromatic N) is 3. The highest BCUT2D eigenvalue weighted by atomic mass is 32.2. The zero-order valence-electron chi connectivity index (χ0n) is 34.1. The predicted molar refractivity (Wildman–Crippen MR) is 211 cm³/mol. The zero-order valence-corrected chi connectivity index (χ0v) is 34.9. The molecule has 1 aromatic carbocycles. The second kappa shape index (κ2) is 15.6. The molecule has 1 unspecified atom stereocenters. The molecule has 4 aliphatic rings. The Morgan fingerprint density at radius 1 is 1.14 bits per heavy atom. The van der Waals surface area contributed by atoms with E-state index in [0.29, 0.717) is 42.9 Å². The van der Waals surface area contributed by atoms with Gasteiger partial charge in [0.15, 0.2) is 5.60 Å². The van der Waals surface area contributed by atoms with Crippen molar-refractivity contribution in [1.29, 1.82) is 0 Å². The maximum atomic E-state index is 17.7. The predicted octanol–water partition coefficient (Wildman–Crippen LogP) is 6.00. The molecule has 4 amide bonds. The first-order valence-electron chi connectivity index (χ1n) is 20.1. The second-order valence-electron chi connectivity index (χ2n) is 17.1. The van der Waals surface area contributed by atoms with Crippen LogP contribution in [0.15, 0.2) is 42.5 Å². The molecule has 3 fully saturated rings. The van der Waals surface area contributed by atoms with E-state index in [-0.39, 0.29) is 42.0 Å². The number of carboxylic acid groups (broad SMARTS) is 1. The van der Waals surface area contributed by atoms with Crippen molar-refractivity contribution in [3.05, 3.63) is 42.5 Å². The molecule has 1 saturated heterocycles. The van der Waals surface area contributed by atoms with E-state index in [9.17, 15) is 27.9 Å². The molecular formula is C41H55F2N5O9S. The van der Waals surface area contributed by atoms with Crippen LogP contribution in [-0.4, -0.2) is 98.8 Å². The van der Waals surface area contributed by atoms with Crippen molar-refractivity contribution >= 4 is 44.6 Å². The summed E-state index contributed by atoms with van der Waals surface area (Å²) in [6, 6.07) is -0.328. The van der Waals surface area contributed by atoms with Crippen molar-refractivity contribution in [2.75, 3.05) is 6.61 Å². The second-order valence-corrected chi connectivity index (χ2v) is 19.3. The number of nitrogens with one attached hydrogen (secondary N) is 2. The van der Waals surface area contributed by atoms with E-state index >= 15 is 13.6 Å². The van der Waals surface area contributed by atoms with Crippen LogP contribution in [0.3, 0.4) is 0 Å². The summed E-state index contributed by atoms with van der Waals surface area (Å²) in [4.78, 5) is 62.2. The number of carbonyl (C=O) groups excluding carboxylic acids is 3. The molecule has 1 aromatic heterocycles. The Morgan fingerprint density at radius 2 is 1.83 bits per heavy atom. The lowest BCUT2D eigenvalue weighted by Gasteiger charge is -2.42. The third-order valence-corrected chi connectivity index (χ3v) is 14.8. The van der Waals surface area contributed by atoms with Gasteiger partial charge in [-0.3, -0.25) is 28.9 Å². The summed E-state index contributed by atoms with van der Waals surface area (Å²) in [5.41, 5.74) is -4.48. The van der Waals surface area contributed by atoms with Crippen molar-refractivity contribution < 1.29 is 51.0 Å². The molecule has 0 radical (unpaired) electrons. The van der Waals surface area contributed by atoms with Gasteiger partial charge in [-0.15, -0.1) is 0 Å². The normalized spacial score (nSPS) is 31.7. The van der Waals surface area contributed by atoms with Crippen LogP contribution in [0.1, 0.15) is 99.8 Å². The number of allylic oxidation sites excluding steroid dienone is 1. The highest BCUT2D eigenvalue weighted by Gasteiger charge is 2.71. The minimum atomic E-state index is -4.28. The summed E-state index contributed by atoms with van der Waals surface area (Å²) in [6.45, 7) is 11.4. The van der Waals surface area contributed by atoms with Gasteiger partial charge in [0.25, 0.3) is 11.8 Å². The molecule has 14 nitrogen and oxygen atoms in total. The van der Waals surface area contributed by atoms with Crippen LogP contribution in [0.25, 0.3) is 10.8 Å². The fourth-order valence-electron chi connectivity index (χ4n) is 8.44. The molecule has 0 bridgehead atoms. The largest absolute Gasteiger partial charge is 0.478 e. The minimum absolute atomic E-state index is 0.0196. The number of hydrogen-bond donors (Lipinski definition) is 3. The van der Waals surface area contributed by atoms with Crippen LogP contribution < -0.4 is 19.5 Å². The average Bonchev–Trinajstić information content (AvgIpc) is 4.06. The molecule has 3 N–H and O–H groups in total. The quantitative estimate of drug-likeness (QED) is 0.190. The maximum Gasteiger partial charge on any atom is 0.408 e. The van der Waals surface area contributed by atoms with Crippen LogP contribution >= 0.6 is 0 Å². The summed E-state index contributed by atoms with van der Waals surface area (Å²) in [7, 11) is -4.16. The number of ether oxygens (including phenoxy) is 2. The van der Waals surface area contributed by atoms with E-state index in [2.05, 4.69) is 15.0 Å². The highest BCUT2D eigenvalue weighted by molar-refractivity contribution is 7.91. The van der Waals surface area contributed by atoms with Crippen molar-refractivity contribution in [3.8, 4) is 11.8 Å². The zero-order chi connectivity index (χ0) is 42.6. The minimum Gasteiger partial charge on any atom is -0.478 e. The number of benzene rings is 1. The number of carbonyl (C=O) groups is 4. The van der Waals surface area contributed by atoms with Crippen LogP contribution in [0.4, 0.5) is 13.6 Å². The van der Waals surface area contributed by atoms with E-state index in [0.717, 1.165) is 11.8 Å². The maximum absolute atomic E-state index is 17.7. The fourth-order valence-corrected chi connectivity index (χ4v) is 9.75. The number of aromatic nitrogens is 1. The Morgan fingerprint density at radius 3 is 2.47 bits per heavy atom. The van der Waals surface area contributed by atoms with Gasteiger partial charge in [-0.1, -0.05) is 51.1 Å². The molecule has 58 heavy (non-hydrogen) atoms. The molecule has 2 saturated carbocycles. The third-order valence-electron chi connectivity index (χ3n) is 12.6. The summed E-state index contributed by atoms with van der Waals surface area (Å²) < 4.78 is 74.6. The van der Waals surface area contributed by atoms with Gasteiger partial charge in [-0.25, -0.2) is 13.2 Å². The van der Waals surface area contributed by atoms with E-state index in [1.807, 2.05) is 13.0 Å². The van der Waals surface area contributed by atoms with E-state index in [1.54, 1.807) is 64.1 Å². The Labute approximate surface area is 338 Å². The number of pyridine rings is 1. The molecule has 2 aromatic rings. The van der Waals surface area contributed by atoms with Gasteiger partial charge < -0.3 is 19.9 Å². The van der Waals surface area contributed by atoms with Crippen LogP contribution in [-0.2, 0) is 24.4 Å². The van der Waals surface area contributed by atoms with Crippen molar-refractivity contribution in [3.63, 3.8) is 0 Å². The van der Waals surface area contributed by atoms with Gasteiger partial charge in [0.05, 0.1) is 11.4 Å². The van der Waals surface area contributed by atoms with Gasteiger partial charge in [0, 0.05) is 29.8 Å². The third kappa shape index (κ3) is 7.70. The number of sulfonamides is 1. The summed E-state index contributed by atoms with van der Waals surface area (Å²) in [5.74, 6) is -5.16. The fraction of sp³-hybridized carbons (Fsp3) is 0.634. The molecular weight excluding hydrogens is 777 g/mol. The highest BCUT2D eigenvalue weighted by Crippen LogP contribution is 2.51. The van der Waals surface area contributed by atoms with E-state index in [4.69, 9.17) is 9.47 Å². The monoisotopic (exact) mass is 831 g/mol. The summed E-state index contributed by atoms with van der Waals surface area (Å²) >= 11 is 0. The van der Waals surface area contributed by atoms with Crippen molar-refractivity contribution in [1.82, 2.24) is 24.8 Å². The molecule has 3 heterocycles. The number of hydrogen-bond acceptors (Lipinski definition) is 9. The Bertz CT molecular complexity index is 2100. The molecule has 318 valence electrons. The topological polar surface area (TPSA) is 185 Å². The molecule has 2 aliphatic carbocycles. The summed E-state index contributed by atoms with van der Waals surface area (Å²) in [5, 5.41) is 14.1. The number of rotatable bonds is 10. The molecule has 0 spiro atoms. The first-order valence-corrected chi connectivity index (χ1v) is 21.6. The number of alkyl halides is 2. The Balaban J connectivity index is 1.49. The Hall–Kier alpha value is -4.54. The van der Waals surface area contributed by atoms with Gasteiger partial charge >= 0.3 is 12.1 Å². The summed E-state index contributed by atoms with van der Waals surface area (Å²) in [6.07, 6.45) is 3.58. The van der Waals surface area contributed by atoms with Crippen LogP contribution in [0.5, 0.6) is 11.8 Å². The van der Waals surface area contributed by atoms with Gasteiger partial charge in [0.1, 0.15) is 17.6 Å². The standard InChI is InChI=1S/C41H55F2N5O9S/c1-8-26(5)47(37(52)53)32-25(4)20-24(3)14-10-12-16-28-22-40(28,36(51)46-58(54,55)38(6)18-19-38)45-33(49)30-23-39(7,41(42,43)48(30)35(32)50)57-34-29-17-13-11-15-27(29)21-31(44-34)56-9-2/h11-13,15-17,21,24-26,28,30,32H,8-10,14,18-20,22-23H2,1-7H3,(H,45,49)(H,46,51)(H,52,53)/b16-12-/t24-,25+,26?,28+,30-,32-,39+,40+/m0/s1. The lowest BCUT2D eigenvalue weighted by Crippen LogP contribution is -2.64. The van der Waals surface area contributed by atoms with Crippen molar-refractivity contribution in [2.45, 2.75) is 140 Å². The lowest BCUT2D eigenvalue weighted by atomic mass is 9.86. The van der Waals surface area contributed by atoms with Crippen LogP contribution in [0.2, 0.25) is 0 Å². The molecule has 6 rings (SSSR count). The molecule has 2 aliphatic heterocycles.